The van der Waals surface area contributed by atoms with Crippen molar-refractivity contribution in [3.05, 3.63) is 58.7 Å². The Labute approximate surface area is 173 Å². The van der Waals surface area contributed by atoms with E-state index in [9.17, 15) is 0 Å². The zero-order valence-electron chi connectivity index (χ0n) is 17.9. The Kier molecular flexibility index (Phi) is 5.98. The van der Waals surface area contributed by atoms with Gasteiger partial charge in [-0.15, -0.1) is 0 Å². The standard InChI is InChI=1S/C25H32N4/c1-17-15-16-21-25(19(17)3)29-23(27-21)14-9-7-5-4-6-8-13-22-26-20-12-10-11-18(2)24(20)28-22/h10-12,15-16H,4-9,13-14H2,1-3H3,(H,26,28)(H,27,29). The summed E-state index contributed by atoms with van der Waals surface area (Å²) in [6, 6.07) is 10.7. The smallest absolute Gasteiger partial charge is 0.107 e. The number of aryl methyl sites for hydroxylation is 5. The number of fused-ring (bicyclic) bond motifs is 2. The van der Waals surface area contributed by atoms with Gasteiger partial charge in [0.2, 0.25) is 0 Å². The number of hydrogen-bond acceptors (Lipinski definition) is 2. The van der Waals surface area contributed by atoms with Crippen molar-refractivity contribution in [1.29, 1.82) is 0 Å². The van der Waals surface area contributed by atoms with Crippen molar-refractivity contribution in [3.8, 4) is 0 Å². The number of imidazole rings is 2. The van der Waals surface area contributed by atoms with Crippen LogP contribution in [-0.4, -0.2) is 19.9 Å². The molecule has 0 aliphatic carbocycles. The Bertz CT molecular complexity index is 1100. The number of rotatable bonds is 9. The lowest BCUT2D eigenvalue weighted by molar-refractivity contribution is 0.586. The molecule has 4 rings (SSSR count). The van der Waals surface area contributed by atoms with Crippen molar-refractivity contribution in [3.63, 3.8) is 0 Å². The second-order valence-corrected chi connectivity index (χ2v) is 8.36. The van der Waals surface area contributed by atoms with Gasteiger partial charge in [0.1, 0.15) is 11.6 Å². The van der Waals surface area contributed by atoms with Crippen molar-refractivity contribution in [1.82, 2.24) is 19.9 Å². The molecule has 4 heteroatoms. The highest BCUT2D eigenvalue weighted by atomic mass is 14.9. The van der Waals surface area contributed by atoms with E-state index in [1.54, 1.807) is 0 Å². The van der Waals surface area contributed by atoms with Crippen molar-refractivity contribution < 1.29 is 0 Å². The van der Waals surface area contributed by atoms with E-state index in [1.807, 2.05) is 0 Å². The second kappa shape index (κ2) is 8.81. The third kappa shape index (κ3) is 4.52. The number of nitrogens with zero attached hydrogens (tertiary/aromatic N) is 2. The summed E-state index contributed by atoms with van der Waals surface area (Å²) in [7, 11) is 0. The van der Waals surface area contributed by atoms with Gasteiger partial charge in [-0.05, 0) is 62.4 Å². The molecule has 0 atom stereocenters. The average Bonchev–Trinajstić information content (AvgIpc) is 3.32. The van der Waals surface area contributed by atoms with Gasteiger partial charge in [0.25, 0.3) is 0 Å². The summed E-state index contributed by atoms with van der Waals surface area (Å²) in [6.07, 6.45) is 9.67. The average molecular weight is 389 g/mol. The van der Waals surface area contributed by atoms with E-state index in [4.69, 9.17) is 9.97 Å². The maximum atomic E-state index is 4.81. The first-order valence-corrected chi connectivity index (χ1v) is 11.0. The summed E-state index contributed by atoms with van der Waals surface area (Å²) in [5.41, 5.74) is 8.46. The van der Waals surface area contributed by atoms with Crippen LogP contribution in [0.5, 0.6) is 0 Å². The SMILES string of the molecule is Cc1ccc2[nH]c(CCCCCCCCc3nc4c(C)cccc4[nH]3)nc2c1C. The van der Waals surface area contributed by atoms with Gasteiger partial charge < -0.3 is 9.97 Å². The fraction of sp³-hybridized carbons (Fsp3) is 0.440. The van der Waals surface area contributed by atoms with Crippen LogP contribution in [0.3, 0.4) is 0 Å². The Morgan fingerprint density at radius 1 is 0.621 bits per heavy atom. The number of para-hydroxylation sites is 1. The van der Waals surface area contributed by atoms with Gasteiger partial charge in [-0.1, -0.05) is 43.9 Å². The maximum Gasteiger partial charge on any atom is 0.107 e. The molecule has 2 heterocycles. The van der Waals surface area contributed by atoms with Crippen LogP contribution in [0.15, 0.2) is 30.3 Å². The molecule has 0 radical (unpaired) electrons. The van der Waals surface area contributed by atoms with E-state index >= 15 is 0 Å². The molecule has 29 heavy (non-hydrogen) atoms. The monoisotopic (exact) mass is 388 g/mol. The van der Waals surface area contributed by atoms with E-state index < -0.39 is 0 Å². The van der Waals surface area contributed by atoms with Gasteiger partial charge in [-0.25, -0.2) is 9.97 Å². The summed E-state index contributed by atoms with van der Waals surface area (Å²) in [5, 5.41) is 0. The number of nitrogens with one attached hydrogen (secondary N) is 2. The molecule has 0 unspecified atom stereocenters. The Morgan fingerprint density at radius 2 is 1.21 bits per heavy atom. The third-order valence-corrected chi connectivity index (χ3v) is 6.07. The van der Waals surface area contributed by atoms with E-state index in [-0.39, 0.29) is 0 Å². The molecule has 0 spiro atoms. The van der Waals surface area contributed by atoms with Crippen molar-refractivity contribution in [2.75, 3.05) is 0 Å². The molecule has 2 aromatic carbocycles. The Morgan fingerprint density at radius 3 is 1.86 bits per heavy atom. The Hall–Kier alpha value is -2.62. The highest BCUT2D eigenvalue weighted by Crippen LogP contribution is 2.20. The van der Waals surface area contributed by atoms with Crippen LogP contribution in [0.1, 0.15) is 66.9 Å². The lowest BCUT2D eigenvalue weighted by Crippen LogP contribution is -1.90. The minimum atomic E-state index is 1.05. The highest BCUT2D eigenvalue weighted by Gasteiger charge is 2.07. The summed E-state index contributed by atoms with van der Waals surface area (Å²) < 4.78 is 0. The van der Waals surface area contributed by atoms with Crippen LogP contribution in [-0.2, 0) is 12.8 Å². The fourth-order valence-corrected chi connectivity index (χ4v) is 4.12. The maximum absolute atomic E-state index is 4.81. The van der Waals surface area contributed by atoms with E-state index in [1.165, 1.54) is 60.7 Å². The predicted octanol–water partition coefficient (Wildman–Crippen LogP) is 6.49. The molecule has 152 valence electrons. The van der Waals surface area contributed by atoms with Gasteiger partial charge >= 0.3 is 0 Å². The molecule has 0 amide bonds. The molecule has 0 saturated carbocycles. The van der Waals surface area contributed by atoms with Crippen molar-refractivity contribution in [2.45, 2.75) is 72.1 Å². The number of H-pyrrole nitrogens is 2. The summed E-state index contributed by atoms with van der Waals surface area (Å²) in [5.74, 6) is 2.26. The quantitative estimate of drug-likeness (QED) is 0.322. The van der Waals surface area contributed by atoms with Crippen LogP contribution >= 0.6 is 0 Å². The normalized spacial score (nSPS) is 11.7. The van der Waals surface area contributed by atoms with Gasteiger partial charge in [-0.2, -0.15) is 0 Å². The minimum Gasteiger partial charge on any atom is -0.342 e. The molecule has 0 saturated heterocycles. The van der Waals surface area contributed by atoms with E-state index in [0.29, 0.717) is 0 Å². The Balaban J connectivity index is 1.14. The highest BCUT2D eigenvalue weighted by molar-refractivity contribution is 5.80. The molecular weight excluding hydrogens is 356 g/mol. The fourth-order valence-electron chi connectivity index (χ4n) is 4.12. The summed E-state index contributed by atoms with van der Waals surface area (Å²) in [6.45, 7) is 6.44. The van der Waals surface area contributed by atoms with Gasteiger partial charge in [-0.3, -0.25) is 0 Å². The van der Waals surface area contributed by atoms with Gasteiger partial charge in [0, 0.05) is 12.8 Å². The molecule has 4 aromatic rings. The lowest BCUT2D eigenvalue weighted by atomic mass is 10.1. The topological polar surface area (TPSA) is 57.4 Å². The summed E-state index contributed by atoms with van der Waals surface area (Å²) >= 11 is 0. The van der Waals surface area contributed by atoms with Crippen molar-refractivity contribution in [2.24, 2.45) is 0 Å². The largest absolute Gasteiger partial charge is 0.342 e. The van der Waals surface area contributed by atoms with E-state index in [0.717, 1.165) is 41.0 Å². The number of aromatic amines is 2. The van der Waals surface area contributed by atoms with Crippen LogP contribution in [0.25, 0.3) is 22.1 Å². The second-order valence-electron chi connectivity index (χ2n) is 8.36. The molecule has 2 N–H and O–H groups in total. The minimum absolute atomic E-state index is 1.05. The molecule has 2 aromatic heterocycles. The molecular formula is C25H32N4. The molecule has 0 fully saturated rings. The number of unbranched alkanes of at least 4 members (excludes halogenated alkanes) is 5. The van der Waals surface area contributed by atoms with Crippen molar-refractivity contribution >= 4 is 22.1 Å². The van der Waals surface area contributed by atoms with E-state index in [2.05, 4.69) is 61.1 Å². The number of benzene rings is 2. The lowest BCUT2D eigenvalue weighted by Gasteiger charge is -2.01. The number of aromatic nitrogens is 4. The summed E-state index contributed by atoms with van der Waals surface area (Å²) in [4.78, 5) is 16.5. The molecule has 4 nitrogen and oxygen atoms in total. The van der Waals surface area contributed by atoms with Crippen LogP contribution in [0.2, 0.25) is 0 Å². The number of hydrogen-bond donors (Lipinski definition) is 2. The molecule has 0 aliphatic heterocycles. The predicted molar refractivity (Wildman–Crippen MR) is 122 cm³/mol. The van der Waals surface area contributed by atoms with Crippen LogP contribution in [0, 0.1) is 20.8 Å². The molecule has 0 aliphatic rings. The zero-order valence-corrected chi connectivity index (χ0v) is 17.9. The molecule has 0 bridgehead atoms. The zero-order chi connectivity index (χ0) is 20.2. The van der Waals surface area contributed by atoms with Crippen LogP contribution < -0.4 is 0 Å². The first-order valence-electron chi connectivity index (χ1n) is 11.0. The van der Waals surface area contributed by atoms with Gasteiger partial charge in [0.05, 0.1) is 22.1 Å². The third-order valence-electron chi connectivity index (χ3n) is 6.07. The first-order chi connectivity index (χ1) is 14.1. The first kappa shape index (κ1) is 19.7. The van der Waals surface area contributed by atoms with Crippen LogP contribution in [0.4, 0.5) is 0 Å². The van der Waals surface area contributed by atoms with Gasteiger partial charge in [0.15, 0.2) is 0 Å².